The van der Waals surface area contributed by atoms with Gasteiger partial charge in [0.25, 0.3) is 0 Å². The van der Waals surface area contributed by atoms with Gasteiger partial charge >= 0.3 is 0 Å². The van der Waals surface area contributed by atoms with Crippen LogP contribution in [0.1, 0.15) is 35.5 Å². The average molecular weight is 308 g/mol. The summed E-state index contributed by atoms with van der Waals surface area (Å²) in [5.41, 5.74) is 10.0. The molecule has 5 heteroatoms. The summed E-state index contributed by atoms with van der Waals surface area (Å²) in [7, 11) is 0. The highest BCUT2D eigenvalue weighted by Crippen LogP contribution is 2.33. The topological polar surface area (TPSA) is 51.8 Å². The molecule has 1 atom stereocenters. The van der Waals surface area contributed by atoms with E-state index in [9.17, 15) is 0 Å². The van der Waals surface area contributed by atoms with E-state index in [0.717, 1.165) is 32.6 Å². The normalized spacial score (nSPS) is 12.5. The van der Waals surface area contributed by atoms with Gasteiger partial charge in [0.1, 0.15) is 0 Å². The van der Waals surface area contributed by atoms with Crippen molar-refractivity contribution in [2.75, 3.05) is 0 Å². The van der Waals surface area contributed by atoms with Crippen LogP contribution in [0.3, 0.4) is 0 Å². The number of hydrogen-bond donors (Lipinski definition) is 1. The van der Waals surface area contributed by atoms with Gasteiger partial charge in [0, 0.05) is 22.3 Å². The highest BCUT2D eigenvalue weighted by atomic mass is 35.5. The number of benzene rings is 1. The first kappa shape index (κ1) is 15.3. The monoisotopic (exact) mass is 307 g/mol. The van der Waals surface area contributed by atoms with Crippen molar-refractivity contribution in [1.29, 1.82) is 0 Å². The molecule has 0 spiro atoms. The van der Waals surface area contributed by atoms with Crippen molar-refractivity contribution in [3.05, 3.63) is 45.7 Å². The van der Waals surface area contributed by atoms with Crippen LogP contribution in [0.5, 0.6) is 0 Å². The van der Waals surface area contributed by atoms with Crippen LogP contribution in [0.15, 0.2) is 28.3 Å². The number of hydrogen-bond acceptors (Lipinski definition) is 4. The van der Waals surface area contributed by atoms with Gasteiger partial charge in [-0.2, -0.15) is 0 Å². The standard InChI is InChI=1S/C15H18ClN3S/c1-8-10(3)18-15(19-11(8)4)20-14-6-5-12(9(2)17)7-13(14)16/h5-7,9H,17H2,1-4H3/t9-/m1/s1. The smallest absolute Gasteiger partial charge is 0.192 e. The summed E-state index contributed by atoms with van der Waals surface area (Å²) in [4.78, 5) is 9.94. The molecule has 0 aliphatic heterocycles. The third kappa shape index (κ3) is 3.32. The first-order valence-electron chi connectivity index (χ1n) is 6.43. The molecule has 0 radical (unpaired) electrons. The van der Waals surface area contributed by atoms with Crippen LogP contribution < -0.4 is 5.73 Å². The number of aromatic nitrogens is 2. The molecule has 1 heterocycles. The lowest BCUT2D eigenvalue weighted by atomic mass is 10.1. The molecule has 20 heavy (non-hydrogen) atoms. The Kier molecular flexibility index (Phi) is 4.68. The Hall–Kier alpha value is -1.10. The van der Waals surface area contributed by atoms with Crippen LogP contribution >= 0.6 is 23.4 Å². The third-order valence-corrected chi connectivity index (χ3v) is 4.66. The Labute approximate surface area is 129 Å². The van der Waals surface area contributed by atoms with Gasteiger partial charge in [0.2, 0.25) is 0 Å². The van der Waals surface area contributed by atoms with Crippen LogP contribution in [0.2, 0.25) is 5.02 Å². The summed E-state index contributed by atoms with van der Waals surface area (Å²) in [5.74, 6) is 0. The molecule has 2 rings (SSSR count). The third-order valence-electron chi connectivity index (χ3n) is 3.30. The van der Waals surface area contributed by atoms with Gasteiger partial charge in [-0.25, -0.2) is 9.97 Å². The lowest BCUT2D eigenvalue weighted by Crippen LogP contribution is -2.04. The molecule has 0 bridgehead atoms. The van der Waals surface area contributed by atoms with E-state index in [4.69, 9.17) is 17.3 Å². The zero-order chi connectivity index (χ0) is 14.9. The zero-order valence-electron chi connectivity index (χ0n) is 12.1. The quantitative estimate of drug-likeness (QED) is 0.862. The number of rotatable bonds is 3. The number of aryl methyl sites for hydroxylation is 2. The van der Waals surface area contributed by atoms with Crippen LogP contribution in [0.4, 0.5) is 0 Å². The van der Waals surface area contributed by atoms with E-state index in [1.807, 2.05) is 45.9 Å². The van der Waals surface area contributed by atoms with Crippen molar-refractivity contribution in [3.63, 3.8) is 0 Å². The lowest BCUT2D eigenvalue weighted by molar-refractivity contribution is 0.817. The number of nitrogens with two attached hydrogens (primary N) is 1. The van der Waals surface area contributed by atoms with E-state index in [-0.39, 0.29) is 6.04 Å². The molecule has 106 valence electrons. The van der Waals surface area contributed by atoms with Crippen LogP contribution in [0.25, 0.3) is 0 Å². The molecule has 2 N–H and O–H groups in total. The number of halogens is 1. The van der Waals surface area contributed by atoms with Crippen molar-refractivity contribution in [2.24, 2.45) is 5.73 Å². The minimum atomic E-state index is -0.0216. The van der Waals surface area contributed by atoms with E-state index >= 15 is 0 Å². The van der Waals surface area contributed by atoms with Crippen molar-refractivity contribution in [2.45, 2.75) is 43.8 Å². The molecule has 2 aromatic rings. The summed E-state index contributed by atoms with van der Waals surface area (Å²) in [5, 5.41) is 1.41. The predicted molar refractivity (Wildman–Crippen MR) is 84.4 cm³/mol. The van der Waals surface area contributed by atoms with Crippen LogP contribution in [0, 0.1) is 20.8 Å². The molecular weight excluding hydrogens is 290 g/mol. The molecular formula is C15H18ClN3S. The summed E-state index contributed by atoms with van der Waals surface area (Å²) < 4.78 is 0. The van der Waals surface area contributed by atoms with E-state index in [2.05, 4.69) is 9.97 Å². The molecule has 1 aromatic heterocycles. The van der Waals surface area contributed by atoms with E-state index in [1.54, 1.807) is 0 Å². The van der Waals surface area contributed by atoms with Crippen molar-refractivity contribution in [3.8, 4) is 0 Å². The van der Waals surface area contributed by atoms with Gasteiger partial charge in [-0.3, -0.25) is 0 Å². The van der Waals surface area contributed by atoms with Crippen molar-refractivity contribution < 1.29 is 0 Å². The second-order valence-electron chi connectivity index (χ2n) is 4.88. The Balaban J connectivity index is 2.31. The molecule has 1 aromatic carbocycles. The molecule has 0 amide bonds. The molecule has 3 nitrogen and oxygen atoms in total. The average Bonchev–Trinajstić information content (AvgIpc) is 2.38. The number of nitrogens with zero attached hydrogens (tertiary/aromatic N) is 2. The molecule has 0 saturated heterocycles. The Morgan fingerprint density at radius 1 is 1.15 bits per heavy atom. The lowest BCUT2D eigenvalue weighted by Gasteiger charge is -2.10. The second kappa shape index (κ2) is 6.12. The maximum atomic E-state index is 6.30. The van der Waals surface area contributed by atoms with Crippen LogP contribution in [-0.4, -0.2) is 9.97 Å². The SMILES string of the molecule is Cc1nc(Sc2ccc([C@@H](C)N)cc2Cl)nc(C)c1C. The summed E-state index contributed by atoms with van der Waals surface area (Å²) >= 11 is 7.78. The largest absolute Gasteiger partial charge is 0.324 e. The molecule has 0 fully saturated rings. The molecule has 0 aliphatic carbocycles. The minimum absolute atomic E-state index is 0.0216. The first-order valence-corrected chi connectivity index (χ1v) is 7.62. The van der Waals surface area contributed by atoms with Gasteiger partial charge in [-0.05, 0) is 62.7 Å². The van der Waals surface area contributed by atoms with E-state index in [0.29, 0.717) is 5.02 Å². The Morgan fingerprint density at radius 2 is 1.75 bits per heavy atom. The van der Waals surface area contributed by atoms with Gasteiger partial charge < -0.3 is 5.73 Å². The van der Waals surface area contributed by atoms with E-state index in [1.165, 1.54) is 11.8 Å². The summed E-state index contributed by atoms with van der Waals surface area (Å²) in [6.45, 7) is 7.96. The predicted octanol–water partition coefficient (Wildman–Crippen LogP) is 4.23. The van der Waals surface area contributed by atoms with Crippen molar-refractivity contribution >= 4 is 23.4 Å². The summed E-state index contributed by atoms with van der Waals surface area (Å²) in [6.07, 6.45) is 0. The summed E-state index contributed by atoms with van der Waals surface area (Å²) in [6, 6.07) is 5.85. The fraction of sp³-hybridized carbons (Fsp3) is 0.333. The first-order chi connectivity index (χ1) is 9.38. The maximum Gasteiger partial charge on any atom is 0.192 e. The van der Waals surface area contributed by atoms with Crippen LogP contribution in [-0.2, 0) is 0 Å². The van der Waals surface area contributed by atoms with Gasteiger partial charge in [0.05, 0.1) is 5.02 Å². The fourth-order valence-corrected chi connectivity index (χ4v) is 2.93. The molecule has 0 saturated carbocycles. The van der Waals surface area contributed by atoms with Gasteiger partial charge in [0.15, 0.2) is 5.16 Å². The molecule has 0 unspecified atom stereocenters. The Bertz CT molecular complexity index is 618. The highest BCUT2D eigenvalue weighted by Gasteiger charge is 2.10. The van der Waals surface area contributed by atoms with Gasteiger partial charge in [-0.1, -0.05) is 17.7 Å². The Morgan fingerprint density at radius 3 is 2.25 bits per heavy atom. The van der Waals surface area contributed by atoms with Crippen molar-refractivity contribution in [1.82, 2.24) is 9.97 Å². The highest BCUT2D eigenvalue weighted by molar-refractivity contribution is 7.99. The van der Waals surface area contributed by atoms with E-state index < -0.39 is 0 Å². The fourth-order valence-electron chi connectivity index (χ4n) is 1.77. The zero-order valence-corrected chi connectivity index (χ0v) is 13.6. The maximum absolute atomic E-state index is 6.30. The van der Waals surface area contributed by atoms with Gasteiger partial charge in [-0.15, -0.1) is 0 Å². The molecule has 0 aliphatic rings. The second-order valence-corrected chi connectivity index (χ2v) is 6.30. The minimum Gasteiger partial charge on any atom is -0.324 e.